The van der Waals surface area contributed by atoms with Gasteiger partial charge in [0, 0.05) is 17.7 Å². The molecule has 1 N–H and O–H groups in total. The van der Waals surface area contributed by atoms with Crippen LogP contribution in [0.5, 0.6) is 5.88 Å². The number of rotatable bonds is 6. The lowest BCUT2D eigenvalue weighted by molar-refractivity contribution is -0.115. The first kappa shape index (κ1) is 16.1. The van der Waals surface area contributed by atoms with E-state index in [1.807, 2.05) is 11.4 Å². The van der Waals surface area contributed by atoms with E-state index in [2.05, 4.69) is 15.3 Å². The van der Waals surface area contributed by atoms with Gasteiger partial charge in [-0.15, -0.1) is 11.3 Å². The fourth-order valence-electron chi connectivity index (χ4n) is 2.09. The van der Waals surface area contributed by atoms with Gasteiger partial charge in [0.25, 0.3) is 0 Å². The van der Waals surface area contributed by atoms with Crippen molar-refractivity contribution in [1.29, 1.82) is 0 Å². The van der Waals surface area contributed by atoms with Crippen LogP contribution in [-0.4, -0.2) is 28.3 Å². The molecule has 0 aliphatic rings. The number of hydrogen-bond donors (Lipinski definition) is 1. The maximum absolute atomic E-state index is 12.2. The van der Waals surface area contributed by atoms with Crippen LogP contribution in [0.15, 0.2) is 42.0 Å². The number of carbonyl (C=O) groups is 2. The fraction of sp³-hybridized carbons (Fsp3) is 0.176. The molecular formula is C17H15N3O3S. The van der Waals surface area contributed by atoms with Crippen molar-refractivity contribution in [2.45, 2.75) is 13.3 Å². The van der Waals surface area contributed by atoms with E-state index in [-0.39, 0.29) is 18.3 Å². The number of nitrogens with one attached hydrogen (secondary N) is 1. The average Bonchev–Trinajstić information content (AvgIpc) is 3.09. The molecule has 3 rings (SSSR count). The summed E-state index contributed by atoms with van der Waals surface area (Å²) in [6.07, 6.45) is 1.83. The lowest BCUT2D eigenvalue weighted by Crippen LogP contribution is -2.13. The number of amides is 1. The molecule has 0 aliphatic carbocycles. The third kappa shape index (κ3) is 3.57. The maximum Gasteiger partial charge on any atom is 0.225 e. The molecule has 0 aliphatic heterocycles. The standard InChI is InChI=1S/C17H15N3O3S/c1-2-15(22)20-12-5-3-11(4-6-12)14(21)9-23-16-13-7-8-24-17(13)19-10-18-16/h3-8,10H,2,9H2,1H3,(H,20,22). The van der Waals surface area contributed by atoms with Gasteiger partial charge < -0.3 is 10.1 Å². The lowest BCUT2D eigenvalue weighted by Gasteiger charge is -2.07. The Hall–Kier alpha value is -2.80. The summed E-state index contributed by atoms with van der Waals surface area (Å²) in [5.74, 6) is 0.174. The van der Waals surface area contributed by atoms with Crippen molar-refractivity contribution in [3.05, 3.63) is 47.6 Å². The molecule has 2 aromatic heterocycles. The van der Waals surface area contributed by atoms with Gasteiger partial charge in [0.15, 0.2) is 12.4 Å². The normalized spacial score (nSPS) is 10.5. The van der Waals surface area contributed by atoms with Crippen LogP contribution in [0.1, 0.15) is 23.7 Å². The molecule has 7 heteroatoms. The minimum atomic E-state index is -0.162. The Morgan fingerprint density at radius 1 is 1.17 bits per heavy atom. The smallest absolute Gasteiger partial charge is 0.225 e. The Balaban J connectivity index is 1.64. The number of Topliss-reactive ketones (excluding diaryl/α,β-unsaturated/α-hetero) is 1. The zero-order valence-corrected chi connectivity index (χ0v) is 13.8. The van der Waals surface area contributed by atoms with E-state index in [0.717, 1.165) is 10.2 Å². The maximum atomic E-state index is 12.2. The predicted molar refractivity (Wildman–Crippen MR) is 92.6 cm³/mol. The number of ether oxygens (including phenoxy) is 1. The second-order valence-corrected chi connectivity index (χ2v) is 5.90. The largest absolute Gasteiger partial charge is 0.469 e. The highest BCUT2D eigenvalue weighted by atomic mass is 32.1. The summed E-state index contributed by atoms with van der Waals surface area (Å²) in [5.41, 5.74) is 1.18. The van der Waals surface area contributed by atoms with Crippen LogP contribution >= 0.6 is 11.3 Å². The van der Waals surface area contributed by atoms with Crippen LogP contribution in [0.25, 0.3) is 10.2 Å². The molecule has 3 aromatic rings. The van der Waals surface area contributed by atoms with E-state index in [9.17, 15) is 9.59 Å². The van der Waals surface area contributed by atoms with Crippen molar-refractivity contribution in [2.24, 2.45) is 0 Å². The molecule has 0 bridgehead atoms. The van der Waals surface area contributed by atoms with E-state index >= 15 is 0 Å². The highest BCUT2D eigenvalue weighted by Gasteiger charge is 2.11. The van der Waals surface area contributed by atoms with Crippen LogP contribution < -0.4 is 10.1 Å². The molecule has 0 unspecified atom stereocenters. The summed E-state index contributed by atoms with van der Waals surface area (Å²) in [6.45, 7) is 1.67. The molecule has 0 radical (unpaired) electrons. The number of aromatic nitrogens is 2. The van der Waals surface area contributed by atoms with Crippen molar-refractivity contribution >= 4 is 38.9 Å². The van der Waals surface area contributed by atoms with Crippen molar-refractivity contribution < 1.29 is 14.3 Å². The topological polar surface area (TPSA) is 81.2 Å². The van der Waals surface area contributed by atoms with Crippen LogP contribution in [-0.2, 0) is 4.79 Å². The quantitative estimate of drug-likeness (QED) is 0.696. The molecule has 0 saturated heterocycles. The summed E-state index contributed by atoms with van der Waals surface area (Å²) in [5, 5.41) is 5.43. The number of benzene rings is 1. The van der Waals surface area contributed by atoms with Crippen LogP contribution in [0.4, 0.5) is 5.69 Å². The number of nitrogens with zero attached hydrogens (tertiary/aromatic N) is 2. The highest BCUT2D eigenvalue weighted by Crippen LogP contribution is 2.25. The van der Waals surface area contributed by atoms with Gasteiger partial charge in [0.1, 0.15) is 11.2 Å². The van der Waals surface area contributed by atoms with Crippen LogP contribution in [0, 0.1) is 0 Å². The molecule has 0 atom stereocenters. The molecule has 0 spiro atoms. The lowest BCUT2D eigenvalue weighted by atomic mass is 10.1. The molecule has 24 heavy (non-hydrogen) atoms. The van der Waals surface area contributed by atoms with Crippen LogP contribution in [0.2, 0.25) is 0 Å². The fourth-order valence-corrected chi connectivity index (χ4v) is 2.81. The van der Waals surface area contributed by atoms with Gasteiger partial charge in [-0.3, -0.25) is 9.59 Å². The van der Waals surface area contributed by atoms with E-state index < -0.39 is 0 Å². The first-order valence-electron chi connectivity index (χ1n) is 7.41. The minimum absolute atomic E-state index is 0.0686. The Kier molecular flexibility index (Phi) is 4.81. The zero-order valence-electron chi connectivity index (χ0n) is 13.0. The predicted octanol–water partition coefficient (Wildman–Crippen LogP) is 3.30. The Labute approximate surface area is 142 Å². The SMILES string of the molecule is CCC(=O)Nc1ccc(C(=O)COc2ncnc3sccc23)cc1. The van der Waals surface area contributed by atoms with Gasteiger partial charge in [-0.25, -0.2) is 9.97 Å². The average molecular weight is 341 g/mol. The number of fused-ring (bicyclic) bond motifs is 1. The Bertz CT molecular complexity index is 874. The molecule has 1 amide bonds. The summed E-state index contributed by atoms with van der Waals surface area (Å²) < 4.78 is 5.54. The number of carbonyl (C=O) groups excluding carboxylic acids is 2. The summed E-state index contributed by atoms with van der Waals surface area (Å²) in [7, 11) is 0. The zero-order chi connectivity index (χ0) is 16.9. The van der Waals surface area contributed by atoms with Gasteiger partial charge in [-0.1, -0.05) is 6.92 Å². The second kappa shape index (κ2) is 7.18. The van der Waals surface area contributed by atoms with Gasteiger partial charge in [0.05, 0.1) is 5.39 Å². The van der Waals surface area contributed by atoms with Crippen molar-refractivity contribution in [2.75, 3.05) is 11.9 Å². The van der Waals surface area contributed by atoms with E-state index in [1.165, 1.54) is 17.7 Å². The summed E-state index contributed by atoms with van der Waals surface area (Å²) in [6, 6.07) is 8.59. The minimum Gasteiger partial charge on any atom is -0.469 e. The molecule has 6 nitrogen and oxygen atoms in total. The number of ketones is 1. The van der Waals surface area contributed by atoms with Crippen LogP contribution in [0.3, 0.4) is 0 Å². The molecule has 0 fully saturated rings. The summed E-state index contributed by atoms with van der Waals surface area (Å²) >= 11 is 1.49. The van der Waals surface area contributed by atoms with Gasteiger partial charge in [-0.05, 0) is 35.7 Å². The summed E-state index contributed by atoms with van der Waals surface area (Å²) in [4.78, 5) is 32.6. The van der Waals surface area contributed by atoms with Crippen molar-refractivity contribution in [1.82, 2.24) is 9.97 Å². The Morgan fingerprint density at radius 2 is 1.96 bits per heavy atom. The molecular weight excluding hydrogens is 326 g/mol. The van der Waals surface area contributed by atoms with Gasteiger partial charge in [-0.2, -0.15) is 0 Å². The van der Waals surface area contributed by atoms with E-state index in [0.29, 0.717) is 23.6 Å². The Morgan fingerprint density at radius 3 is 2.71 bits per heavy atom. The van der Waals surface area contributed by atoms with Gasteiger partial charge >= 0.3 is 0 Å². The van der Waals surface area contributed by atoms with Gasteiger partial charge in [0.2, 0.25) is 11.8 Å². The van der Waals surface area contributed by atoms with Crippen molar-refractivity contribution in [3.8, 4) is 5.88 Å². The van der Waals surface area contributed by atoms with E-state index in [1.54, 1.807) is 31.2 Å². The molecule has 1 aromatic carbocycles. The second-order valence-electron chi connectivity index (χ2n) is 5.01. The third-order valence-electron chi connectivity index (χ3n) is 3.38. The highest BCUT2D eigenvalue weighted by molar-refractivity contribution is 7.16. The van der Waals surface area contributed by atoms with Crippen molar-refractivity contribution in [3.63, 3.8) is 0 Å². The monoisotopic (exact) mass is 341 g/mol. The molecule has 2 heterocycles. The first-order valence-corrected chi connectivity index (χ1v) is 8.29. The third-order valence-corrected chi connectivity index (χ3v) is 4.20. The molecule has 122 valence electrons. The number of thiophene rings is 1. The number of anilines is 1. The van der Waals surface area contributed by atoms with E-state index in [4.69, 9.17) is 4.74 Å². The molecule has 0 saturated carbocycles. The number of hydrogen-bond acceptors (Lipinski definition) is 6. The first-order chi connectivity index (χ1) is 11.7.